The molecule has 0 aliphatic rings. The number of benzene rings is 4. The molecule has 4 aromatic carbocycles. The van der Waals surface area contributed by atoms with Crippen molar-refractivity contribution in [1.82, 2.24) is 14.9 Å². The van der Waals surface area contributed by atoms with Crippen molar-refractivity contribution in [3.63, 3.8) is 0 Å². The maximum absolute atomic E-state index is 12.4. The summed E-state index contributed by atoms with van der Waals surface area (Å²) >= 11 is 6.18. The minimum atomic E-state index is -0.0211. The quantitative estimate of drug-likeness (QED) is 0.203. The van der Waals surface area contributed by atoms with E-state index >= 15 is 0 Å². The Kier molecular flexibility index (Phi) is 8.02. The van der Waals surface area contributed by atoms with Crippen molar-refractivity contribution in [2.24, 2.45) is 0 Å². The Balaban J connectivity index is 1.16. The van der Waals surface area contributed by atoms with Crippen LogP contribution in [0.1, 0.15) is 24.2 Å². The van der Waals surface area contributed by atoms with Gasteiger partial charge in [-0.1, -0.05) is 78.3 Å². The summed E-state index contributed by atoms with van der Waals surface area (Å²) in [5, 5.41) is 5.95. The van der Waals surface area contributed by atoms with Gasteiger partial charge in [0.1, 0.15) is 11.6 Å². The van der Waals surface area contributed by atoms with Crippen LogP contribution in [0.15, 0.2) is 91.0 Å². The Bertz CT molecular complexity index is 1510. The number of carbonyl (C=O) groups is 1. The van der Waals surface area contributed by atoms with Crippen molar-refractivity contribution in [2.45, 2.75) is 32.2 Å². The second-order valence-electron chi connectivity index (χ2n) is 9.07. The minimum absolute atomic E-state index is 0.0211. The Morgan fingerprint density at radius 2 is 1.68 bits per heavy atom. The van der Waals surface area contributed by atoms with Crippen LogP contribution in [0.2, 0.25) is 5.02 Å². The molecule has 37 heavy (non-hydrogen) atoms. The summed E-state index contributed by atoms with van der Waals surface area (Å²) in [5.74, 6) is 1.93. The first-order chi connectivity index (χ1) is 18.2. The number of hydrogen-bond acceptors (Lipinski definition) is 3. The predicted octanol–water partition coefficient (Wildman–Crippen LogP) is 6.60. The molecule has 0 aliphatic carbocycles. The molecule has 6 heteroatoms. The van der Waals surface area contributed by atoms with E-state index in [1.165, 1.54) is 5.39 Å². The summed E-state index contributed by atoms with van der Waals surface area (Å²) < 4.78 is 8.45. The molecule has 5 nitrogen and oxygen atoms in total. The lowest BCUT2D eigenvalue weighted by Gasteiger charge is -2.12. The van der Waals surface area contributed by atoms with E-state index in [0.29, 0.717) is 18.2 Å². The van der Waals surface area contributed by atoms with Crippen LogP contribution < -0.4 is 10.1 Å². The van der Waals surface area contributed by atoms with Crippen molar-refractivity contribution >= 4 is 39.3 Å². The van der Waals surface area contributed by atoms with Crippen LogP contribution in [0.5, 0.6) is 5.75 Å². The van der Waals surface area contributed by atoms with Gasteiger partial charge in [-0.2, -0.15) is 0 Å². The zero-order valence-electron chi connectivity index (χ0n) is 20.7. The third-order valence-electron chi connectivity index (χ3n) is 6.48. The molecule has 0 bridgehead atoms. The Labute approximate surface area is 222 Å². The van der Waals surface area contributed by atoms with Crippen molar-refractivity contribution in [2.75, 3.05) is 13.2 Å². The zero-order chi connectivity index (χ0) is 25.5. The number of aryl methyl sites for hydroxylation is 2. The molecule has 5 rings (SSSR count). The van der Waals surface area contributed by atoms with Crippen LogP contribution >= 0.6 is 11.6 Å². The number of para-hydroxylation sites is 2. The zero-order valence-corrected chi connectivity index (χ0v) is 21.5. The first-order valence-electron chi connectivity index (χ1n) is 12.7. The number of ether oxygens (including phenoxy) is 1. The highest BCUT2D eigenvalue weighted by molar-refractivity contribution is 6.31. The van der Waals surface area contributed by atoms with E-state index in [-0.39, 0.29) is 12.3 Å². The Hall–Kier alpha value is -3.83. The molecule has 1 aromatic heterocycles. The summed E-state index contributed by atoms with van der Waals surface area (Å²) in [6.45, 7) is 2.04. The fourth-order valence-corrected chi connectivity index (χ4v) is 4.85. The lowest BCUT2D eigenvalue weighted by molar-refractivity contribution is -0.120. The molecule has 1 heterocycles. The number of fused-ring (bicyclic) bond motifs is 2. The maximum Gasteiger partial charge on any atom is 0.224 e. The molecule has 0 aliphatic heterocycles. The number of nitrogens with one attached hydrogen (secondary N) is 1. The first kappa shape index (κ1) is 24.8. The second-order valence-corrected chi connectivity index (χ2v) is 9.48. The van der Waals surface area contributed by atoms with Gasteiger partial charge in [-0.25, -0.2) is 4.98 Å². The van der Waals surface area contributed by atoms with E-state index in [9.17, 15) is 4.79 Å². The number of imidazole rings is 1. The van der Waals surface area contributed by atoms with E-state index in [0.717, 1.165) is 59.4 Å². The van der Waals surface area contributed by atoms with Crippen LogP contribution in [-0.4, -0.2) is 28.6 Å². The molecule has 0 saturated carbocycles. The van der Waals surface area contributed by atoms with Gasteiger partial charge in [0.25, 0.3) is 0 Å². The van der Waals surface area contributed by atoms with Crippen LogP contribution in [0.25, 0.3) is 21.8 Å². The van der Waals surface area contributed by atoms with E-state index in [1.807, 2.05) is 66.7 Å². The van der Waals surface area contributed by atoms with Crippen molar-refractivity contribution < 1.29 is 9.53 Å². The highest BCUT2D eigenvalue weighted by atomic mass is 35.5. The number of nitrogens with zero attached hydrogens (tertiary/aromatic N) is 2. The standard InChI is InChI=1S/C31H30ClN3O2/c32-26-14-4-2-11-24(26)22-31(36)33-19-8-18-30-34-27-15-5-6-16-28(27)35(30)20-9-21-37-29-17-7-12-23-10-1-3-13-25(23)29/h1-7,10-17H,8-9,18-22H2,(H,33,36). The van der Waals surface area contributed by atoms with Crippen LogP contribution in [0, 0.1) is 0 Å². The van der Waals surface area contributed by atoms with E-state index < -0.39 is 0 Å². The number of amides is 1. The van der Waals surface area contributed by atoms with E-state index in [4.69, 9.17) is 21.3 Å². The molecule has 0 spiro atoms. The largest absolute Gasteiger partial charge is 0.493 e. The smallest absolute Gasteiger partial charge is 0.224 e. The molecule has 1 amide bonds. The number of hydrogen-bond donors (Lipinski definition) is 1. The maximum atomic E-state index is 12.4. The van der Waals surface area contributed by atoms with Gasteiger partial charge in [-0.3, -0.25) is 4.79 Å². The highest BCUT2D eigenvalue weighted by Crippen LogP contribution is 2.25. The van der Waals surface area contributed by atoms with Crippen LogP contribution in [0.4, 0.5) is 0 Å². The molecule has 188 valence electrons. The monoisotopic (exact) mass is 511 g/mol. The first-order valence-corrected chi connectivity index (χ1v) is 13.1. The second kappa shape index (κ2) is 11.9. The summed E-state index contributed by atoms with van der Waals surface area (Å²) in [6.07, 6.45) is 2.75. The van der Waals surface area contributed by atoms with Gasteiger partial charge in [-0.05, 0) is 48.1 Å². The van der Waals surface area contributed by atoms with Gasteiger partial charge in [0.15, 0.2) is 0 Å². The topological polar surface area (TPSA) is 56.2 Å². The van der Waals surface area contributed by atoms with E-state index in [1.54, 1.807) is 0 Å². The number of rotatable bonds is 11. The van der Waals surface area contributed by atoms with Gasteiger partial charge in [0.05, 0.1) is 24.1 Å². The fraction of sp³-hybridized carbons (Fsp3) is 0.226. The average molecular weight is 512 g/mol. The van der Waals surface area contributed by atoms with Gasteiger partial charge in [-0.15, -0.1) is 0 Å². The summed E-state index contributed by atoms with van der Waals surface area (Å²) in [7, 11) is 0. The van der Waals surface area contributed by atoms with Crippen molar-refractivity contribution in [1.29, 1.82) is 0 Å². The Morgan fingerprint density at radius 1 is 0.892 bits per heavy atom. The molecular weight excluding hydrogens is 482 g/mol. The van der Waals surface area contributed by atoms with Crippen LogP contribution in [-0.2, 0) is 24.2 Å². The summed E-state index contributed by atoms with van der Waals surface area (Å²) in [5.41, 5.74) is 2.97. The lowest BCUT2D eigenvalue weighted by atomic mass is 10.1. The van der Waals surface area contributed by atoms with Crippen molar-refractivity contribution in [3.05, 3.63) is 107 Å². The molecule has 0 saturated heterocycles. The van der Waals surface area contributed by atoms with Gasteiger partial charge in [0, 0.05) is 29.9 Å². The summed E-state index contributed by atoms with van der Waals surface area (Å²) in [4.78, 5) is 17.2. The SMILES string of the molecule is O=C(Cc1ccccc1Cl)NCCCc1nc2ccccc2n1CCCOc1cccc2ccccc12. The van der Waals surface area contributed by atoms with Crippen molar-refractivity contribution in [3.8, 4) is 5.75 Å². The number of halogens is 1. The Morgan fingerprint density at radius 3 is 2.59 bits per heavy atom. The van der Waals surface area contributed by atoms with Crippen LogP contribution in [0.3, 0.4) is 0 Å². The molecule has 1 N–H and O–H groups in total. The minimum Gasteiger partial charge on any atom is -0.493 e. The number of carbonyl (C=O) groups excluding carboxylic acids is 1. The number of aromatic nitrogens is 2. The third-order valence-corrected chi connectivity index (χ3v) is 6.84. The highest BCUT2D eigenvalue weighted by Gasteiger charge is 2.11. The normalized spacial score (nSPS) is 11.2. The lowest BCUT2D eigenvalue weighted by Crippen LogP contribution is -2.26. The molecule has 0 radical (unpaired) electrons. The summed E-state index contributed by atoms with van der Waals surface area (Å²) in [6, 6.07) is 30.1. The van der Waals surface area contributed by atoms with E-state index in [2.05, 4.69) is 34.1 Å². The molecule has 0 atom stereocenters. The third kappa shape index (κ3) is 6.12. The predicted molar refractivity (Wildman–Crippen MR) is 150 cm³/mol. The average Bonchev–Trinajstić information content (AvgIpc) is 3.28. The van der Waals surface area contributed by atoms with Gasteiger partial charge >= 0.3 is 0 Å². The molecule has 0 unspecified atom stereocenters. The molecule has 5 aromatic rings. The molecule has 0 fully saturated rings. The molecular formula is C31H30ClN3O2. The fourth-order valence-electron chi connectivity index (χ4n) is 4.64. The van der Waals surface area contributed by atoms with Gasteiger partial charge < -0.3 is 14.6 Å². The van der Waals surface area contributed by atoms with Gasteiger partial charge in [0.2, 0.25) is 5.91 Å².